The number of hydrogen-bond acceptors (Lipinski definition) is 3. The molecule has 17 heavy (non-hydrogen) atoms. The molecule has 94 valence electrons. The zero-order chi connectivity index (χ0) is 13.2. The van der Waals surface area contributed by atoms with Crippen molar-refractivity contribution in [3.63, 3.8) is 0 Å². The molecular formula is C12H17NO4. The van der Waals surface area contributed by atoms with Gasteiger partial charge in [-0.3, -0.25) is 9.69 Å². The Balaban J connectivity index is 2.48. The monoisotopic (exact) mass is 239 g/mol. The van der Waals surface area contributed by atoms with Crippen LogP contribution < -0.4 is 0 Å². The number of carboxylic acid groups (broad SMARTS) is 1. The number of rotatable bonds is 1. The van der Waals surface area contributed by atoms with Gasteiger partial charge in [-0.2, -0.15) is 0 Å². The van der Waals surface area contributed by atoms with E-state index in [-0.39, 0.29) is 11.6 Å². The maximum atomic E-state index is 11.9. The van der Waals surface area contributed by atoms with Crippen LogP contribution in [0.4, 0.5) is 0 Å². The van der Waals surface area contributed by atoms with Crippen LogP contribution >= 0.6 is 0 Å². The van der Waals surface area contributed by atoms with Gasteiger partial charge in [0.1, 0.15) is 11.2 Å². The van der Waals surface area contributed by atoms with Crippen LogP contribution in [-0.2, 0) is 14.3 Å². The van der Waals surface area contributed by atoms with E-state index < -0.39 is 23.0 Å². The molecule has 0 bridgehead atoms. The predicted octanol–water partition coefficient (Wildman–Crippen LogP) is 1.55. The number of aliphatic carboxylic acids is 1. The summed E-state index contributed by atoms with van der Waals surface area (Å²) < 4.78 is 5.69. The first-order chi connectivity index (χ1) is 7.58. The van der Waals surface area contributed by atoms with Gasteiger partial charge in [-0.05, 0) is 13.8 Å². The molecule has 2 aliphatic rings. The summed E-state index contributed by atoms with van der Waals surface area (Å²) in [5.41, 5.74) is -1.08. The first-order valence-electron chi connectivity index (χ1n) is 5.57. The lowest BCUT2D eigenvalue weighted by molar-refractivity contribution is -0.189. The number of allylic oxidation sites excluding steroid dienone is 1. The molecule has 0 aromatic heterocycles. The molecule has 2 rings (SSSR count). The molecule has 1 fully saturated rings. The quantitative estimate of drug-likeness (QED) is 0.705. The Bertz CT molecular complexity index is 442. The highest BCUT2D eigenvalue weighted by Gasteiger charge is 2.63. The van der Waals surface area contributed by atoms with Gasteiger partial charge in [-0.1, -0.05) is 20.8 Å². The zero-order valence-corrected chi connectivity index (χ0v) is 10.7. The van der Waals surface area contributed by atoms with Crippen molar-refractivity contribution in [1.29, 1.82) is 0 Å². The van der Waals surface area contributed by atoms with Gasteiger partial charge in [0.25, 0.3) is 0 Å². The average Bonchev–Trinajstić information content (AvgIpc) is 2.54. The molecule has 0 aromatic rings. The second-order valence-corrected chi connectivity index (χ2v) is 6.10. The van der Waals surface area contributed by atoms with Gasteiger partial charge >= 0.3 is 5.97 Å². The second kappa shape index (κ2) is 3.03. The van der Waals surface area contributed by atoms with Crippen molar-refractivity contribution in [2.45, 2.75) is 40.8 Å². The summed E-state index contributed by atoms with van der Waals surface area (Å²) in [6.07, 6.45) is -0.477. The van der Waals surface area contributed by atoms with Gasteiger partial charge in [0.2, 0.25) is 5.91 Å². The number of β-lactam (4-membered cyclic amide) rings is 1. The fraction of sp³-hybridized carbons (Fsp3) is 0.667. The van der Waals surface area contributed by atoms with Crippen LogP contribution in [0, 0.1) is 10.8 Å². The highest BCUT2D eigenvalue weighted by molar-refractivity contribution is 6.00. The summed E-state index contributed by atoms with van der Waals surface area (Å²) in [7, 11) is 0. The normalized spacial score (nSPS) is 26.5. The maximum Gasteiger partial charge on any atom is 0.356 e. The minimum absolute atomic E-state index is 0.00757. The van der Waals surface area contributed by atoms with Crippen LogP contribution in [0.2, 0.25) is 0 Å². The smallest absolute Gasteiger partial charge is 0.356 e. The highest BCUT2D eigenvalue weighted by Crippen LogP contribution is 2.51. The maximum absolute atomic E-state index is 11.9. The van der Waals surface area contributed by atoms with E-state index in [2.05, 4.69) is 0 Å². The zero-order valence-electron chi connectivity index (χ0n) is 10.7. The molecule has 1 atom stereocenters. The largest absolute Gasteiger partial charge is 0.476 e. The molecule has 5 heteroatoms. The first-order valence-corrected chi connectivity index (χ1v) is 5.57. The molecule has 1 amide bonds. The van der Waals surface area contributed by atoms with Gasteiger partial charge in [0, 0.05) is 5.41 Å². The van der Waals surface area contributed by atoms with E-state index in [0.29, 0.717) is 5.76 Å². The minimum atomic E-state index is -1.11. The van der Waals surface area contributed by atoms with E-state index in [1.165, 1.54) is 4.90 Å². The summed E-state index contributed by atoms with van der Waals surface area (Å²) in [5, 5.41) is 9.23. The van der Waals surface area contributed by atoms with Gasteiger partial charge in [-0.25, -0.2) is 4.79 Å². The minimum Gasteiger partial charge on any atom is -0.476 e. The summed E-state index contributed by atoms with van der Waals surface area (Å²) in [4.78, 5) is 24.4. The number of carboxylic acids is 1. The summed E-state index contributed by atoms with van der Waals surface area (Å²) in [5.74, 6) is -0.922. The summed E-state index contributed by atoms with van der Waals surface area (Å²) >= 11 is 0. The topological polar surface area (TPSA) is 66.8 Å². The van der Waals surface area contributed by atoms with Crippen molar-refractivity contribution in [1.82, 2.24) is 4.90 Å². The Labute approximate surface area is 100 Å². The number of carbonyl (C=O) groups excluding carboxylic acids is 1. The van der Waals surface area contributed by atoms with Crippen molar-refractivity contribution < 1.29 is 19.4 Å². The molecule has 0 aliphatic carbocycles. The number of nitrogens with zero attached hydrogens (tertiary/aromatic N) is 1. The Hall–Kier alpha value is -1.52. The van der Waals surface area contributed by atoms with Crippen LogP contribution in [0.1, 0.15) is 34.6 Å². The fourth-order valence-electron chi connectivity index (χ4n) is 2.21. The number of hydrogen-bond donors (Lipinski definition) is 1. The Morgan fingerprint density at radius 3 is 2.35 bits per heavy atom. The molecule has 2 heterocycles. The van der Waals surface area contributed by atoms with Crippen molar-refractivity contribution in [3.05, 3.63) is 11.5 Å². The SMILES string of the molecule is CC(C)(C)C1=C(C(=O)O)N2C(=O)C(C)(C)C2O1. The molecular weight excluding hydrogens is 222 g/mol. The molecule has 0 spiro atoms. The molecule has 1 unspecified atom stereocenters. The van der Waals surface area contributed by atoms with Crippen LogP contribution in [0.25, 0.3) is 0 Å². The Morgan fingerprint density at radius 2 is 1.94 bits per heavy atom. The molecule has 1 saturated heterocycles. The van der Waals surface area contributed by atoms with Gasteiger partial charge in [0.05, 0.1) is 0 Å². The fourth-order valence-corrected chi connectivity index (χ4v) is 2.21. The lowest BCUT2D eigenvalue weighted by atomic mass is 9.80. The van der Waals surface area contributed by atoms with Crippen molar-refractivity contribution in [3.8, 4) is 0 Å². The average molecular weight is 239 g/mol. The van der Waals surface area contributed by atoms with Crippen LogP contribution in [0.5, 0.6) is 0 Å². The van der Waals surface area contributed by atoms with E-state index in [1.807, 2.05) is 20.8 Å². The second-order valence-electron chi connectivity index (χ2n) is 6.10. The van der Waals surface area contributed by atoms with E-state index in [1.54, 1.807) is 13.8 Å². The predicted molar refractivity (Wildman–Crippen MR) is 59.6 cm³/mol. The highest BCUT2D eigenvalue weighted by atomic mass is 16.5. The number of fused-ring (bicyclic) bond motifs is 1. The van der Waals surface area contributed by atoms with Crippen LogP contribution in [0.3, 0.4) is 0 Å². The van der Waals surface area contributed by atoms with E-state index in [0.717, 1.165) is 0 Å². The first kappa shape index (κ1) is 12.0. The van der Waals surface area contributed by atoms with E-state index in [9.17, 15) is 14.7 Å². The molecule has 5 nitrogen and oxygen atoms in total. The van der Waals surface area contributed by atoms with Gasteiger partial charge in [-0.15, -0.1) is 0 Å². The molecule has 0 saturated carbocycles. The molecule has 2 aliphatic heterocycles. The van der Waals surface area contributed by atoms with Crippen LogP contribution in [-0.4, -0.2) is 28.1 Å². The lowest BCUT2D eigenvalue weighted by Crippen LogP contribution is -2.64. The Kier molecular flexibility index (Phi) is 2.13. The van der Waals surface area contributed by atoms with Gasteiger partial charge in [0.15, 0.2) is 11.9 Å². The van der Waals surface area contributed by atoms with Crippen molar-refractivity contribution >= 4 is 11.9 Å². The summed E-state index contributed by atoms with van der Waals surface area (Å²) in [6, 6.07) is 0. The van der Waals surface area contributed by atoms with Crippen molar-refractivity contribution in [2.24, 2.45) is 10.8 Å². The molecule has 0 radical (unpaired) electrons. The third kappa shape index (κ3) is 1.38. The third-order valence-electron chi connectivity index (χ3n) is 3.19. The van der Waals surface area contributed by atoms with E-state index in [4.69, 9.17) is 4.74 Å². The Morgan fingerprint density at radius 1 is 1.41 bits per heavy atom. The number of carbonyl (C=O) groups is 2. The van der Waals surface area contributed by atoms with E-state index >= 15 is 0 Å². The molecule has 0 aromatic carbocycles. The van der Waals surface area contributed by atoms with Crippen molar-refractivity contribution in [2.75, 3.05) is 0 Å². The lowest BCUT2D eigenvalue weighted by Gasteiger charge is -2.47. The van der Waals surface area contributed by atoms with Crippen LogP contribution in [0.15, 0.2) is 11.5 Å². The number of amides is 1. The number of ether oxygens (including phenoxy) is 1. The standard InChI is InChI=1S/C12H17NO4/c1-11(2,3)7-6(8(14)15)13-9(16)12(4,5)10(13)17-7/h10H,1-5H3,(H,14,15). The summed E-state index contributed by atoms with van der Waals surface area (Å²) in [6.45, 7) is 9.14. The third-order valence-corrected chi connectivity index (χ3v) is 3.19. The van der Waals surface area contributed by atoms with Gasteiger partial charge < -0.3 is 9.84 Å². The molecule has 1 N–H and O–H groups in total.